The third-order valence-corrected chi connectivity index (χ3v) is 4.86. The van der Waals surface area contributed by atoms with Crippen molar-refractivity contribution in [1.82, 2.24) is 4.72 Å². The van der Waals surface area contributed by atoms with Gasteiger partial charge in [-0.25, -0.2) is 13.1 Å². The molecule has 0 saturated carbocycles. The Hall–Kier alpha value is -0.270. The van der Waals surface area contributed by atoms with Gasteiger partial charge in [-0.2, -0.15) is 11.8 Å². The van der Waals surface area contributed by atoms with Crippen LogP contribution in [0.1, 0.15) is 12.5 Å². The van der Waals surface area contributed by atoms with Crippen molar-refractivity contribution in [3.05, 3.63) is 34.9 Å². The summed E-state index contributed by atoms with van der Waals surface area (Å²) in [6.07, 6.45) is 1.86. The van der Waals surface area contributed by atoms with Gasteiger partial charge in [0.05, 0.1) is 11.4 Å². The zero-order valence-corrected chi connectivity index (χ0v) is 13.3. The molecule has 0 aromatic heterocycles. The van der Waals surface area contributed by atoms with Gasteiger partial charge in [-0.1, -0.05) is 23.7 Å². The molecular weight excluding hydrogens is 306 g/mol. The fourth-order valence-electron chi connectivity index (χ4n) is 1.48. The van der Waals surface area contributed by atoms with Gasteiger partial charge < -0.3 is 5.11 Å². The molecule has 0 saturated heterocycles. The molecule has 1 rings (SSSR count). The standard InChI is InChI=1S/C12H18ClNO3S2/c1-12(15,9-18-2)8-14-19(16,17)7-10-3-5-11(13)6-4-10/h3-6,14-15H,7-9H2,1-2H3. The van der Waals surface area contributed by atoms with E-state index in [4.69, 9.17) is 11.6 Å². The van der Waals surface area contributed by atoms with Gasteiger partial charge in [0, 0.05) is 17.3 Å². The Bertz CT molecular complexity index is 500. The molecule has 1 atom stereocenters. The second-order valence-corrected chi connectivity index (χ2v) is 7.75. The maximum Gasteiger partial charge on any atom is 0.215 e. The van der Waals surface area contributed by atoms with Crippen molar-refractivity contribution in [2.75, 3.05) is 18.6 Å². The normalized spacial score (nSPS) is 15.2. The number of hydrogen-bond acceptors (Lipinski definition) is 4. The van der Waals surface area contributed by atoms with Gasteiger partial charge in [-0.3, -0.25) is 0 Å². The summed E-state index contributed by atoms with van der Waals surface area (Å²) in [5, 5.41) is 10.5. The van der Waals surface area contributed by atoms with E-state index in [0.29, 0.717) is 16.3 Å². The lowest BCUT2D eigenvalue weighted by Crippen LogP contribution is -2.42. The molecule has 4 nitrogen and oxygen atoms in total. The molecule has 1 unspecified atom stereocenters. The topological polar surface area (TPSA) is 66.4 Å². The summed E-state index contributed by atoms with van der Waals surface area (Å²) in [6.45, 7) is 1.61. The van der Waals surface area contributed by atoms with Crippen LogP contribution in [-0.4, -0.2) is 37.7 Å². The van der Waals surface area contributed by atoms with E-state index in [9.17, 15) is 13.5 Å². The Morgan fingerprint density at radius 3 is 2.47 bits per heavy atom. The van der Waals surface area contributed by atoms with Gasteiger partial charge in [-0.05, 0) is 30.9 Å². The van der Waals surface area contributed by atoms with Gasteiger partial charge in [0.25, 0.3) is 0 Å². The molecule has 0 aliphatic heterocycles. The molecule has 1 aromatic carbocycles. The summed E-state index contributed by atoms with van der Waals surface area (Å²) in [5.74, 6) is 0.343. The van der Waals surface area contributed by atoms with Crippen LogP contribution in [0.15, 0.2) is 24.3 Å². The van der Waals surface area contributed by atoms with Gasteiger partial charge in [0.15, 0.2) is 0 Å². The van der Waals surface area contributed by atoms with Crippen molar-refractivity contribution >= 4 is 33.4 Å². The molecule has 19 heavy (non-hydrogen) atoms. The highest BCUT2D eigenvalue weighted by molar-refractivity contribution is 7.98. The highest BCUT2D eigenvalue weighted by Crippen LogP contribution is 2.13. The molecule has 0 amide bonds. The summed E-state index contributed by atoms with van der Waals surface area (Å²) in [7, 11) is -3.46. The van der Waals surface area contributed by atoms with Gasteiger partial charge in [0.2, 0.25) is 10.0 Å². The minimum Gasteiger partial charge on any atom is -0.388 e. The van der Waals surface area contributed by atoms with Crippen LogP contribution in [0.4, 0.5) is 0 Å². The predicted octanol–water partition coefficient (Wildman–Crippen LogP) is 1.87. The Kier molecular flexibility index (Phi) is 6.14. The van der Waals surface area contributed by atoms with Crippen molar-refractivity contribution in [1.29, 1.82) is 0 Å². The molecule has 0 spiro atoms. The van der Waals surface area contributed by atoms with Crippen LogP contribution < -0.4 is 4.72 Å². The van der Waals surface area contributed by atoms with Crippen LogP contribution in [0.2, 0.25) is 5.02 Å². The molecule has 0 fully saturated rings. The second-order valence-electron chi connectivity index (χ2n) is 4.64. The number of nitrogens with one attached hydrogen (secondary N) is 1. The fourth-order valence-corrected chi connectivity index (χ4v) is 3.59. The smallest absolute Gasteiger partial charge is 0.215 e. The van der Waals surface area contributed by atoms with E-state index >= 15 is 0 Å². The van der Waals surface area contributed by atoms with Crippen LogP contribution >= 0.6 is 23.4 Å². The highest BCUT2D eigenvalue weighted by atomic mass is 35.5. The minimum absolute atomic E-state index is 0.00373. The SMILES string of the molecule is CSCC(C)(O)CNS(=O)(=O)Cc1ccc(Cl)cc1. The molecule has 0 heterocycles. The number of aliphatic hydroxyl groups is 1. The highest BCUT2D eigenvalue weighted by Gasteiger charge is 2.22. The van der Waals surface area contributed by atoms with Crippen LogP contribution in [0.5, 0.6) is 0 Å². The quantitative estimate of drug-likeness (QED) is 0.804. The van der Waals surface area contributed by atoms with E-state index in [1.807, 2.05) is 6.26 Å². The number of sulfonamides is 1. The van der Waals surface area contributed by atoms with Crippen molar-refractivity contribution in [3.8, 4) is 0 Å². The monoisotopic (exact) mass is 323 g/mol. The number of halogens is 1. The molecule has 0 bridgehead atoms. The van der Waals surface area contributed by atoms with Gasteiger partial charge in [0.1, 0.15) is 0 Å². The zero-order valence-electron chi connectivity index (χ0n) is 10.9. The molecule has 108 valence electrons. The van der Waals surface area contributed by atoms with Crippen LogP contribution in [0.25, 0.3) is 0 Å². The van der Waals surface area contributed by atoms with Crippen molar-refractivity contribution in [2.45, 2.75) is 18.3 Å². The van der Waals surface area contributed by atoms with E-state index in [0.717, 1.165) is 0 Å². The van der Waals surface area contributed by atoms with E-state index < -0.39 is 15.6 Å². The first-order valence-corrected chi connectivity index (χ1v) is 9.10. The Morgan fingerprint density at radius 2 is 1.95 bits per heavy atom. The molecule has 0 aliphatic rings. The summed E-state index contributed by atoms with van der Waals surface area (Å²) in [5.41, 5.74) is -0.395. The fraction of sp³-hybridized carbons (Fsp3) is 0.500. The summed E-state index contributed by atoms with van der Waals surface area (Å²) in [6, 6.07) is 6.63. The maximum absolute atomic E-state index is 11.9. The molecule has 0 radical (unpaired) electrons. The third-order valence-electron chi connectivity index (χ3n) is 2.40. The third kappa shape index (κ3) is 6.63. The molecular formula is C12H18ClNO3S2. The van der Waals surface area contributed by atoms with Crippen molar-refractivity contribution < 1.29 is 13.5 Å². The largest absolute Gasteiger partial charge is 0.388 e. The first-order valence-electron chi connectivity index (χ1n) is 5.67. The Balaban J connectivity index is 2.59. The van der Waals surface area contributed by atoms with Crippen LogP contribution in [0, 0.1) is 0 Å². The number of benzene rings is 1. The summed E-state index contributed by atoms with van der Waals surface area (Å²) >= 11 is 7.20. The first-order chi connectivity index (χ1) is 8.74. The van der Waals surface area contributed by atoms with E-state index in [1.165, 1.54) is 11.8 Å². The molecule has 7 heteroatoms. The lowest BCUT2D eigenvalue weighted by molar-refractivity contribution is 0.0908. The summed E-state index contributed by atoms with van der Waals surface area (Å²) in [4.78, 5) is 0. The van der Waals surface area contributed by atoms with E-state index in [1.54, 1.807) is 31.2 Å². The summed E-state index contributed by atoms with van der Waals surface area (Å²) < 4.78 is 26.2. The lowest BCUT2D eigenvalue weighted by Gasteiger charge is -2.22. The molecule has 2 N–H and O–H groups in total. The van der Waals surface area contributed by atoms with E-state index in [2.05, 4.69) is 4.72 Å². The second kappa shape index (κ2) is 6.95. The average molecular weight is 324 g/mol. The van der Waals surface area contributed by atoms with Gasteiger partial charge in [-0.15, -0.1) is 0 Å². The lowest BCUT2D eigenvalue weighted by atomic mass is 10.1. The van der Waals surface area contributed by atoms with Crippen LogP contribution in [0.3, 0.4) is 0 Å². The van der Waals surface area contributed by atoms with Gasteiger partial charge >= 0.3 is 0 Å². The Morgan fingerprint density at radius 1 is 1.37 bits per heavy atom. The maximum atomic E-state index is 11.9. The average Bonchev–Trinajstić information content (AvgIpc) is 2.30. The molecule has 0 aliphatic carbocycles. The first kappa shape index (κ1) is 16.8. The number of rotatable bonds is 7. The molecule has 1 aromatic rings. The Labute approximate surface area is 123 Å². The minimum atomic E-state index is -3.46. The van der Waals surface area contributed by atoms with Crippen LogP contribution in [-0.2, 0) is 15.8 Å². The predicted molar refractivity (Wildman–Crippen MR) is 81.1 cm³/mol. The van der Waals surface area contributed by atoms with Crippen molar-refractivity contribution in [2.24, 2.45) is 0 Å². The number of hydrogen-bond donors (Lipinski definition) is 2. The zero-order chi connectivity index (χ0) is 14.5. The van der Waals surface area contributed by atoms with E-state index in [-0.39, 0.29) is 12.3 Å². The van der Waals surface area contributed by atoms with Crippen molar-refractivity contribution in [3.63, 3.8) is 0 Å². The number of thioether (sulfide) groups is 1.